The molecular weight excluding hydrogens is 425 g/mol. The van der Waals surface area contributed by atoms with Gasteiger partial charge < -0.3 is 9.64 Å². The molecule has 0 atom stereocenters. The van der Waals surface area contributed by atoms with Crippen LogP contribution < -0.4 is 4.90 Å². The summed E-state index contributed by atoms with van der Waals surface area (Å²) in [4.78, 5) is 38.5. The number of nitro groups is 1. The Balaban J connectivity index is 1.51. The standard InChI is InChI=1S/C21H18FN3O5S/c22-17-11-14(4-5-18(17)23-6-8-30-9-7-23)12-19-20(26)24(21(27)31-19)13-15-2-1-3-16(10-15)25(28)29/h1-5,10-12H,6-9,13H2/b19-12-. The van der Waals surface area contributed by atoms with E-state index >= 15 is 0 Å². The SMILES string of the molecule is O=C1S/C(=C\c2ccc(N3CCOCC3)c(F)c2)C(=O)N1Cc1cccc([N+](=O)[O-])c1. The molecule has 0 aromatic heterocycles. The molecule has 0 aliphatic carbocycles. The summed E-state index contributed by atoms with van der Waals surface area (Å²) >= 11 is 0.760. The predicted octanol–water partition coefficient (Wildman–Crippen LogP) is 3.81. The Morgan fingerprint density at radius 2 is 1.94 bits per heavy atom. The lowest BCUT2D eigenvalue weighted by molar-refractivity contribution is -0.384. The van der Waals surface area contributed by atoms with Gasteiger partial charge in [0.05, 0.1) is 35.3 Å². The monoisotopic (exact) mass is 443 g/mol. The van der Waals surface area contributed by atoms with Crippen LogP contribution in [0.5, 0.6) is 0 Å². The van der Waals surface area contributed by atoms with Crippen molar-refractivity contribution in [3.05, 3.63) is 74.4 Å². The molecule has 2 aromatic rings. The van der Waals surface area contributed by atoms with Crippen LogP contribution in [0.4, 0.5) is 20.6 Å². The highest BCUT2D eigenvalue weighted by molar-refractivity contribution is 8.18. The lowest BCUT2D eigenvalue weighted by Crippen LogP contribution is -2.36. The number of ether oxygens (including phenoxy) is 1. The average Bonchev–Trinajstić information content (AvgIpc) is 3.02. The fourth-order valence-corrected chi connectivity index (χ4v) is 4.25. The first-order valence-electron chi connectivity index (χ1n) is 9.53. The van der Waals surface area contributed by atoms with Gasteiger partial charge in [0.15, 0.2) is 0 Å². The van der Waals surface area contributed by atoms with Crippen LogP contribution in [0, 0.1) is 15.9 Å². The Kier molecular flexibility index (Phi) is 6.01. The summed E-state index contributed by atoms with van der Waals surface area (Å²) in [6, 6.07) is 10.5. The number of benzene rings is 2. The summed E-state index contributed by atoms with van der Waals surface area (Å²) < 4.78 is 19.9. The summed E-state index contributed by atoms with van der Waals surface area (Å²) in [5.41, 5.74) is 1.30. The predicted molar refractivity (Wildman–Crippen MR) is 114 cm³/mol. The molecular formula is C21H18FN3O5S. The molecule has 2 aliphatic heterocycles. The quantitative estimate of drug-likeness (QED) is 0.394. The Hall–Kier alpha value is -3.24. The number of hydrogen-bond donors (Lipinski definition) is 0. The molecule has 2 heterocycles. The van der Waals surface area contributed by atoms with Gasteiger partial charge in [-0.25, -0.2) is 4.39 Å². The van der Waals surface area contributed by atoms with Crippen molar-refractivity contribution in [2.24, 2.45) is 0 Å². The van der Waals surface area contributed by atoms with Crippen LogP contribution in [-0.4, -0.2) is 47.3 Å². The van der Waals surface area contributed by atoms with Crippen LogP contribution in [-0.2, 0) is 16.1 Å². The zero-order chi connectivity index (χ0) is 22.0. The lowest BCUT2D eigenvalue weighted by atomic mass is 10.1. The van der Waals surface area contributed by atoms with E-state index in [1.165, 1.54) is 30.3 Å². The van der Waals surface area contributed by atoms with Crippen molar-refractivity contribution in [1.29, 1.82) is 0 Å². The maximum absolute atomic E-state index is 14.6. The van der Waals surface area contributed by atoms with Crippen LogP contribution in [0.1, 0.15) is 11.1 Å². The second-order valence-corrected chi connectivity index (χ2v) is 8.00. The molecule has 31 heavy (non-hydrogen) atoms. The van der Waals surface area contributed by atoms with E-state index in [2.05, 4.69) is 0 Å². The van der Waals surface area contributed by atoms with Crippen LogP contribution in [0.15, 0.2) is 47.4 Å². The number of carbonyl (C=O) groups is 2. The summed E-state index contributed by atoms with van der Waals surface area (Å²) in [6.07, 6.45) is 1.48. The Morgan fingerprint density at radius 3 is 2.65 bits per heavy atom. The first-order chi connectivity index (χ1) is 14.9. The second-order valence-electron chi connectivity index (χ2n) is 7.01. The summed E-state index contributed by atoms with van der Waals surface area (Å²) in [6.45, 7) is 2.21. The number of thioether (sulfide) groups is 1. The van der Waals surface area contributed by atoms with Gasteiger partial charge in [0, 0.05) is 25.2 Å². The molecule has 2 amide bonds. The highest BCUT2D eigenvalue weighted by Gasteiger charge is 2.35. The number of anilines is 1. The average molecular weight is 443 g/mol. The minimum atomic E-state index is -0.535. The molecule has 0 unspecified atom stereocenters. The maximum atomic E-state index is 14.6. The zero-order valence-corrected chi connectivity index (χ0v) is 17.1. The third-order valence-electron chi connectivity index (χ3n) is 4.96. The third kappa shape index (κ3) is 4.59. The number of nitro benzene ring substituents is 1. The van der Waals surface area contributed by atoms with Crippen molar-refractivity contribution in [3.63, 3.8) is 0 Å². The molecule has 0 saturated carbocycles. The van der Waals surface area contributed by atoms with Gasteiger partial charge in [0.1, 0.15) is 5.82 Å². The van der Waals surface area contributed by atoms with Crippen molar-refractivity contribution < 1.29 is 23.6 Å². The molecule has 8 nitrogen and oxygen atoms in total. The van der Waals surface area contributed by atoms with Crippen molar-refractivity contribution in [2.75, 3.05) is 31.2 Å². The Labute approximate surface area is 181 Å². The van der Waals surface area contributed by atoms with Gasteiger partial charge in [-0.1, -0.05) is 18.2 Å². The van der Waals surface area contributed by atoms with Crippen molar-refractivity contribution in [1.82, 2.24) is 4.90 Å². The summed E-state index contributed by atoms with van der Waals surface area (Å²) in [5, 5.41) is 10.5. The number of imide groups is 1. The van der Waals surface area contributed by atoms with Crippen LogP contribution in [0.3, 0.4) is 0 Å². The smallest absolute Gasteiger partial charge is 0.293 e. The first-order valence-corrected chi connectivity index (χ1v) is 10.3. The van der Waals surface area contributed by atoms with Crippen LogP contribution in [0.2, 0.25) is 0 Å². The van der Waals surface area contributed by atoms with E-state index in [-0.39, 0.29) is 17.1 Å². The number of nitrogens with zero attached hydrogens (tertiary/aromatic N) is 3. The van der Waals surface area contributed by atoms with E-state index in [9.17, 15) is 24.1 Å². The number of non-ortho nitro benzene ring substituents is 1. The summed E-state index contributed by atoms with van der Waals surface area (Å²) in [5.74, 6) is -0.925. The molecule has 4 rings (SSSR count). The number of halogens is 1. The van der Waals surface area contributed by atoms with Gasteiger partial charge in [0.2, 0.25) is 0 Å². The van der Waals surface area contributed by atoms with E-state index in [1.54, 1.807) is 18.2 Å². The van der Waals surface area contributed by atoms with Gasteiger partial charge in [-0.3, -0.25) is 24.6 Å². The minimum absolute atomic E-state index is 0.0754. The van der Waals surface area contributed by atoms with E-state index in [4.69, 9.17) is 4.74 Å². The molecule has 0 spiro atoms. The highest BCUT2D eigenvalue weighted by Crippen LogP contribution is 2.34. The van der Waals surface area contributed by atoms with E-state index in [0.717, 1.165) is 16.7 Å². The largest absolute Gasteiger partial charge is 0.378 e. The fourth-order valence-electron chi connectivity index (χ4n) is 3.41. The Morgan fingerprint density at radius 1 is 1.16 bits per heavy atom. The minimum Gasteiger partial charge on any atom is -0.378 e. The topological polar surface area (TPSA) is 93.0 Å². The molecule has 0 radical (unpaired) electrons. The fraction of sp³-hybridized carbons (Fsp3) is 0.238. The number of carbonyl (C=O) groups excluding carboxylic acids is 2. The molecule has 0 N–H and O–H groups in total. The van der Waals surface area contributed by atoms with Crippen molar-refractivity contribution >= 4 is 40.4 Å². The van der Waals surface area contributed by atoms with E-state index in [1.807, 2.05) is 4.90 Å². The Bertz CT molecular complexity index is 1080. The molecule has 10 heteroatoms. The maximum Gasteiger partial charge on any atom is 0.293 e. The van der Waals surface area contributed by atoms with E-state index in [0.29, 0.717) is 43.1 Å². The molecule has 160 valence electrons. The van der Waals surface area contributed by atoms with Crippen LogP contribution in [0.25, 0.3) is 6.08 Å². The molecule has 2 aromatic carbocycles. The molecule has 0 bridgehead atoms. The van der Waals surface area contributed by atoms with Crippen LogP contribution >= 0.6 is 11.8 Å². The van der Waals surface area contributed by atoms with Gasteiger partial charge >= 0.3 is 0 Å². The van der Waals surface area contributed by atoms with Crippen molar-refractivity contribution in [3.8, 4) is 0 Å². The second kappa shape index (κ2) is 8.86. The number of rotatable bonds is 5. The lowest BCUT2D eigenvalue weighted by Gasteiger charge is -2.29. The number of morpholine rings is 1. The molecule has 2 fully saturated rings. The zero-order valence-electron chi connectivity index (χ0n) is 16.3. The number of hydrogen-bond acceptors (Lipinski definition) is 7. The van der Waals surface area contributed by atoms with Gasteiger partial charge in [-0.05, 0) is 41.1 Å². The van der Waals surface area contributed by atoms with Gasteiger partial charge in [0.25, 0.3) is 16.8 Å². The van der Waals surface area contributed by atoms with Gasteiger partial charge in [-0.2, -0.15) is 0 Å². The van der Waals surface area contributed by atoms with Gasteiger partial charge in [-0.15, -0.1) is 0 Å². The third-order valence-corrected chi connectivity index (χ3v) is 5.86. The summed E-state index contributed by atoms with van der Waals surface area (Å²) in [7, 11) is 0. The molecule has 2 saturated heterocycles. The number of amides is 2. The normalized spacial score (nSPS) is 18.2. The van der Waals surface area contributed by atoms with E-state index < -0.39 is 21.9 Å². The first kappa shape index (κ1) is 21.0. The highest BCUT2D eigenvalue weighted by atomic mass is 32.2. The molecule has 2 aliphatic rings. The van der Waals surface area contributed by atoms with Crippen molar-refractivity contribution in [2.45, 2.75) is 6.54 Å².